The topological polar surface area (TPSA) is 71.7 Å². The highest BCUT2D eigenvalue weighted by molar-refractivity contribution is 8.00. The molecule has 0 spiro atoms. The van der Waals surface area contributed by atoms with Gasteiger partial charge in [0.1, 0.15) is 0 Å². The maximum Gasteiger partial charge on any atom is 0.205 e. The SMILES string of the molecule is COCCNC(=NCC1(C)CCCS1)NN. The average Bonchev–Trinajstić information content (AvgIpc) is 2.71. The minimum atomic E-state index is 0.283. The second kappa shape index (κ2) is 6.98. The zero-order valence-electron chi connectivity index (χ0n) is 10.1. The van der Waals surface area contributed by atoms with Crippen molar-refractivity contribution in [3.63, 3.8) is 0 Å². The molecule has 1 aliphatic heterocycles. The van der Waals surface area contributed by atoms with Crippen molar-refractivity contribution in [3.8, 4) is 0 Å². The van der Waals surface area contributed by atoms with Crippen LogP contribution in [0.3, 0.4) is 0 Å². The van der Waals surface area contributed by atoms with Crippen LogP contribution in [0, 0.1) is 0 Å². The molecule has 94 valence electrons. The molecule has 1 unspecified atom stereocenters. The van der Waals surface area contributed by atoms with Crippen LogP contribution in [0.25, 0.3) is 0 Å². The fourth-order valence-corrected chi connectivity index (χ4v) is 2.86. The Morgan fingerprint density at radius 1 is 1.62 bits per heavy atom. The molecule has 0 aromatic carbocycles. The lowest BCUT2D eigenvalue weighted by Crippen LogP contribution is -2.43. The molecule has 0 radical (unpaired) electrons. The summed E-state index contributed by atoms with van der Waals surface area (Å²) >= 11 is 2.00. The molecular weight excluding hydrogens is 224 g/mol. The van der Waals surface area contributed by atoms with Gasteiger partial charge in [-0.05, 0) is 25.5 Å². The van der Waals surface area contributed by atoms with Gasteiger partial charge in [0, 0.05) is 18.4 Å². The molecule has 0 aliphatic carbocycles. The second-order valence-corrected chi connectivity index (χ2v) is 5.81. The number of hydrogen-bond acceptors (Lipinski definition) is 4. The number of aliphatic imine (C=N–C) groups is 1. The molecule has 0 aromatic rings. The van der Waals surface area contributed by atoms with Gasteiger partial charge in [-0.15, -0.1) is 0 Å². The third-order valence-corrected chi connectivity index (χ3v) is 4.13. The predicted octanol–water partition coefficient (Wildman–Crippen LogP) is 0.327. The third-order valence-electron chi connectivity index (χ3n) is 2.61. The number of rotatable bonds is 5. The first-order valence-electron chi connectivity index (χ1n) is 5.58. The van der Waals surface area contributed by atoms with Crippen molar-refractivity contribution < 1.29 is 4.74 Å². The summed E-state index contributed by atoms with van der Waals surface area (Å²) in [5, 5.41) is 3.09. The number of hydrazine groups is 1. The molecule has 0 bridgehead atoms. The van der Waals surface area contributed by atoms with Gasteiger partial charge in [-0.3, -0.25) is 10.4 Å². The Morgan fingerprint density at radius 2 is 2.44 bits per heavy atom. The van der Waals surface area contributed by atoms with Crippen LogP contribution >= 0.6 is 11.8 Å². The Hall–Kier alpha value is -0.460. The fraction of sp³-hybridized carbons (Fsp3) is 0.900. The highest BCUT2D eigenvalue weighted by Gasteiger charge is 2.29. The lowest BCUT2D eigenvalue weighted by molar-refractivity contribution is 0.203. The van der Waals surface area contributed by atoms with Crippen molar-refractivity contribution in [1.82, 2.24) is 10.7 Å². The number of ether oxygens (including phenoxy) is 1. The summed E-state index contributed by atoms with van der Waals surface area (Å²) in [6, 6.07) is 0. The standard InChI is InChI=1S/C10H22N4OS/c1-10(4-3-7-16-10)8-13-9(14-11)12-5-6-15-2/h3-8,11H2,1-2H3,(H2,12,13,14). The Balaban J connectivity index is 2.33. The zero-order valence-corrected chi connectivity index (χ0v) is 10.9. The summed E-state index contributed by atoms with van der Waals surface area (Å²) < 4.78 is 5.23. The van der Waals surface area contributed by atoms with Gasteiger partial charge in [0.05, 0.1) is 13.2 Å². The predicted molar refractivity (Wildman–Crippen MR) is 69.6 cm³/mol. The molecule has 6 heteroatoms. The quantitative estimate of drug-likeness (QED) is 0.214. The number of nitrogens with zero attached hydrogens (tertiary/aromatic N) is 1. The van der Waals surface area contributed by atoms with Crippen molar-refractivity contribution in [2.75, 3.05) is 32.6 Å². The molecule has 1 atom stereocenters. The van der Waals surface area contributed by atoms with E-state index in [4.69, 9.17) is 10.6 Å². The maximum atomic E-state index is 5.39. The first-order valence-corrected chi connectivity index (χ1v) is 6.56. The van der Waals surface area contributed by atoms with Gasteiger partial charge in [-0.1, -0.05) is 0 Å². The smallest absolute Gasteiger partial charge is 0.205 e. The number of methoxy groups -OCH3 is 1. The Morgan fingerprint density at radius 3 is 3.00 bits per heavy atom. The van der Waals surface area contributed by atoms with Gasteiger partial charge in [0.25, 0.3) is 0 Å². The van der Waals surface area contributed by atoms with Gasteiger partial charge in [0.15, 0.2) is 0 Å². The summed E-state index contributed by atoms with van der Waals surface area (Å²) in [6.07, 6.45) is 2.52. The van der Waals surface area contributed by atoms with Crippen LogP contribution in [0.1, 0.15) is 19.8 Å². The highest BCUT2D eigenvalue weighted by atomic mass is 32.2. The minimum absolute atomic E-state index is 0.283. The van der Waals surface area contributed by atoms with E-state index in [9.17, 15) is 0 Å². The molecule has 5 nitrogen and oxygen atoms in total. The number of nitrogens with two attached hydrogens (primary N) is 1. The number of nitrogens with one attached hydrogen (secondary N) is 2. The van der Waals surface area contributed by atoms with Crippen LogP contribution in [0.4, 0.5) is 0 Å². The van der Waals surface area contributed by atoms with Crippen LogP contribution in [0.2, 0.25) is 0 Å². The number of guanidine groups is 1. The summed E-state index contributed by atoms with van der Waals surface area (Å²) in [6.45, 7) is 4.42. The molecule has 1 fully saturated rings. The van der Waals surface area contributed by atoms with Crippen LogP contribution in [0.15, 0.2) is 4.99 Å². The Bertz CT molecular complexity index is 229. The summed E-state index contributed by atoms with van der Waals surface area (Å²) in [4.78, 5) is 4.46. The van der Waals surface area contributed by atoms with Gasteiger partial charge >= 0.3 is 0 Å². The van der Waals surface area contributed by atoms with Crippen molar-refractivity contribution in [3.05, 3.63) is 0 Å². The largest absolute Gasteiger partial charge is 0.383 e. The molecule has 1 heterocycles. The van der Waals surface area contributed by atoms with Crippen LogP contribution in [-0.4, -0.2) is 43.3 Å². The fourth-order valence-electron chi connectivity index (χ4n) is 1.63. The van der Waals surface area contributed by atoms with Crippen molar-refractivity contribution in [2.24, 2.45) is 10.8 Å². The van der Waals surface area contributed by atoms with E-state index in [1.54, 1.807) is 7.11 Å². The van der Waals surface area contributed by atoms with E-state index in [1.807, 2.05) is 11.8 Å². The third kappa shape index (κ3) is 4.59. The minimum Gasteiger partial charge on any atom is -0.383 e. The summed E-state index contributed by atoms with van der Waals surface area (Å²) in [5.74, 6) is 7.28. The van der Waals surface area contributed by atoms with E-state index < -0.39 is 0 Å². The van der Waals surface area contributed by atoms with E-state index in [0.29, 0.717) is 19.1 Å². The molecule has 1 saturated heterocycles. The number of hydrogen-bond donors (Lipinski definition) is 3. The number of thioether (sulfide) groups is 1. The van der Waals surface area contributed by atoms with Crippen LogP contribution in [-0.2, 0) is 4.74 Å². The first kappa shape index (κ1) is 13.6. The normalized spacial score (nSPS) is 25.8. The van der Waals surface area contributed by atoms with Crippen LogP contribution < -0.4 is 16.6 Å². The Kier molecular flexibility index (Phi) is 5.94. The van der Waals surface area contributed by atoms with Crippen molar-refractivity contribution in [1.29, 1.82) is 0 Å². The van der Waals surface area contributed by atoms with Gasteiger partial charge in [-0.2, -0.15) is 11.8 Å². The molecule has 16 heavy (non-hydrogen) atoms. The zero-order chi connectivity index (χ0) is 11.9. The average molecular weight is 246 g/mol. The molecule has 0 aromatic heterocycles. The molecule has 4 N–H and O–H groups in total. The van der Waals surface area contributed by atoms with E-state index in [-0.39, 0.29) is 4.75 Å². The lowest BCUT2D eigenvalue weighted by atomic mass is 10.1. The van der Waals surface area contributed by atoms with Gasteiger partial charge in [0.2, 0.25) is 5.96 Å². The van der Waals surface area contributed by atoms with E-state index in [1.165, 1.54) is 18.6 Å². The van der Waals surface area contributed by atoms with Crippen LogP contribution in [0.5, 0.6) is 0 Å². The van der Waals surface area contributed by atoms with Gasteiger partial charge < -0.3 is 10.1 Å². The molecule has 0 saturated carbocycles. The van der Waals surface area contributed by atoms with Crippen molar-refractivity contribution >= 4 is 17.7 Å². The first-order chi connectivity index (χ1) is 7.70. The molecule has 1 aliphatic rings. The molecule has 0 amide bonds. The van der Waals surface area contributed by atoms with E-state index >= 15 is 0 Å². The monoisotopic (exact) mass is 246 g/mol. The van der Waals surface area contributed by atoms with Gasteiger partial charge in [-0.25, -0.2) is 5.84 Å². The second-order valence-electron chi connectivity index (χ2n) is 4.13. The summed E-state index contributed by atoms with van der Waals surface area (Å²) in [7, 11) is 1.67. The highest BCUT2D eigenvalue weighted by Crippen LogP contribution is 2.37. The van der Waals surface area contributed by atoms with Crippen molar-refractivity contribution in [2.45, 2.75) is 24.5 Å². The Labute approximate surface area is 102 Å². The van der Waals surface area contributed by atoms with E-state index in [0.717, 1.165) is 6.54 Å². The maximum absolute atomic E-state index is 5.39. The molecule has 1 rings (SSSR count). The summed E-state index contributed by atoms with van der Waals surface area (Å²) in [5.41, 5.74) is 2.58. The molecular formula is C10H22N4OS. The lowest BCUT2D eigenvalue weighted by Gasteiger charge is -2.20. The van der Waals surface area contributed by atoms with E-state index in [2.05, 4.69) is 22.7 Å².